The van der Waals surface area contributed by atoms with Crippen molar-refractivity contribution in [1.82, 2.24) is 15.4 Å². The van der Waals surface area contributed by atoms with Crippen molar-refractivity contribution in [2.75, 3.05) is 12.0 Å². The van der Waals surface area contributed by atoms with Gasteiger partial charge in [-0.15, -0.1) is 12.4 Å². The van der Waals surface area contributed by atoms with Crippen LogP contribution in [-0.4, -0.2) is 50.5 Å². The average Bonchev–Trinajstić information content (AvgIpc) is 2.97. The Balaban J connectivity index is 0.00000261. The number of halogens is 1. The smallest absolute Gasteiger partial charge is 0.241 e. The molecule has 2 bridgehead atoms. The molecule has 2 fully saturated rings. The highest BCUT2D eigenvalue weighted by atomic mass is 35.5. The maximum atomic E-state index is 12.8. The van der Waals surface area contributed by atoms with Gasteiger partial charge in [0.1, 0.15) is 6.04 Å². The van der Waals surface area contributed by atoms with Gasteiger partial charge in [0.15, 0.2) is 0 Å². The average molecular weight is 434 g/mol. The molecule has 2 aliphatic rings. The van der Waals surface area contributed by atoms with E-state index in [9.17, 15) is 13.2 Å². The van der Waals surface area contributed by atoms with Gasteiger partial charge in [-0.25, -0.2) is 8.42 Å². The van der Waals surface area contributed by atoms with E-state index >= 15 is 0 Å². The van der Waals surface area contributed by atoms with Gasteiger partial charge in [0.05, 0.1) is 4.90 Å². The van der Waals surface area contributed by atoms with Gasteiger partial charge >= 0.3 is 0 Å². The van der Waals surface area contributed by atoms with E-state index in [1.54, 1.807) is 30.0 Å². The van der Waals surface area contributed by atoms with E-state index in [4.69, 9.17) is 0 Å². The molecule has 1 aromatic carbocycles. The molecule has 2 aliphatic heterocycles. The van der Waals surface area contributed by atoms with Gasteiger partial charge in [0.2, 0.25) is 15.9 Å². The summed E-state index contributed by atoms with van der Waals surface area (Å²) in [5.74, 6) is 0.497. The predicted molar refractivity (Wildman–Crippen MR) is 112 cm³/mol. The van der Waals surface area contributed by atoms with Gasteiger partial charge < -0.3 is 10.6 Å². The number of hydrogen-bond acceptors (Lipinski definition) is 5. The molecule has 2 saturated heterocycles. The van der Waals surface area contributed by atoms with Crippen LogP contribution in [0.4, 0.5) is 0 Å². The molecule has 152 valence electrons. The fourth-order valence-electron chi connectivity index (χ4n) is 3.81. The van der Waals surface area contributed by atoms with Crippen molar-refractivity contribution in [1.29, 1.82) is 0 Å². The lowest BCUT2D eigenvalue weighted by atomic mass is 9.99. The van der Waals surface area contributed by atoms with Gasteiger partial charge in [-0.3, -0.25) is 4.79 Å². The number of carbonyl (C=O) groups excluding carboxylic acids is 1. The highest BCUT2D eigenvalue weighted by Gasteiger charge is 2.35. The van der Waals surface area contributed by atoms with Crippen molar-refractivity contribution >= 4 is 40.1 Å². The minimum Gasteiger partial charge on any atom is -0.352 e. The molecule has 3 N–H and O–H groups in total. The number of hydrogen-bond donors (Lipinski definition) is 3. The van der Waals surface area contributed by atoms with Gasteiger partial charge in [-0.1, -0.05) is 18.2 Å². The monoisotopic (exact) mass is 433 g/mol. The fraction of sp³-hybridized carbons (Fsp3) is 0.611. The van der Waals surface area contributed by atoms with Gasteiger partial charge in [0.25, 0.3) is 0 Å². The minimum absolute atomic E-state index is 0. The largest absolute Gasteiger partial charge is 0.352 e. The molecule has 6 nitrogen and oxygen atoms in total. The third kappa shape index (κ3) is 6.09. The van der Waals surface area contributed by atoms with E-state index in [0.29, 0.717) is 24.3 Å². The number of amides is 1. The standard InChI is InChI=1S/C18H27N3O3S2.ClH/c1-25-10-9-17(21-26(23,24)16-5-3-2-4-6-16)18(22)20-15-11-13-7-8-14(12-15)19-13;/h2-6,13-15,17,19,21H,7-12H2,1H3,(H,20,22);1H. The molecule has 3 rings (SSSR count). The Hall–Kier alpha value is -0.800. The van der Waals surface area contributed by atoms with Crippen LogP contribution in [0.2, 0.25) is 0 Å². The van der Waals surface area contributed by atoms with Crippen LogP contribution in [-0.2, 0) is 14.8 Å². The molecule has 0 radical (unpaired) electrons. The summed E-state index contributed by atoms with van der Waals surface area (Å²) in [4.78, 5) is 13.0. The van der Waals surface area contributed by atoms with E-state index in [1.807, 2.05) is 6.26 Å². The zero-order valence-electron chi connectivity index (χ0n) is 15.4. The summed E-state index contributed by atoms with van der Waals surface area (Å²) in [6.07, 6.45) is 6.58. The van der Waals surface area contributed by atoms with Crippen LogP contribution in [0.5, 0.6) is 0 Å². The Morgan fingerprint density at radius 3 is 2.44 bits per heavy atom. The Kier molecular flexibility index (Phi) is 8.42. The lowest BCUT2D eigenvalue weighted by Gasteiger charge is -2.31. The van der Waals surface area contributed by atoms with Crippen LogP contribution in [0.3, 0.4) is 0 Å². The van der Waals surface area contributed by atoms with Gasteiger partial charge in [-0.05, 0) is 56.2 Å². The summed E-state index contributed by atoms with van der Waals surface area (Å²) in [6, 6.07) is 8.52. The molecule has 0 aromatic heterocycles. The fourth-order valence-corrected chi connectivity index (χ4v) is 5.53. The molecule has 0 aliphatic carbocycles. The van der Waals surface area contributed by atoms with Crippen molar-refractivity contribution in [3.05, 3.63) is 30.3 Å². The lowest BCUT2D eigenvalue weighted by Crippen LogP contribution is -2.53. The number of fused-ring (bicyclic) bond motifs is 2. The second-order valence-corrected chi connectivity index (χ2v) is 9.78. The summed E-state index contributed by atoms with van der Waals surface area (Å²) in [7, 11) is -3.72. The van der Waals surface area contributed by atoms with E-state index in [-0.39, 0.29) is 29.3 Å². The van der Waals surface area contributed by atoms with Crippen LogP contribution in [0.25, 0.3) is 0 Å². The van der Waals surface area contributed by atoms with E-state index < -0.39 is 16.1 Å². The van der Waals surface area contributed by atoms with Crippen LogP contribution >= 0.6 is 24.2 Å². The van der Waals surface area contributed by atoms with Crippen LogP contribution in [0, 0.1) is 0 Å². The topological polar surface area (TPSA) is 87.3 Å². The third-order valence-corrected chi connectivity index (χ3v) is 7.23. The molecular formula is C18H28ClN3O3S2. The number of thioether (sulfide) groups is 1. The second-order valence-electron chi connectivity index (χ2n) is 7.08. The Bertz CT molecular complexity index is 706. The molecule has 2 heterocycles. The minimum atomic E-state index is -3.72. The van der Waals surface area contributed by atoms with E-state index in [0.717, 1.165) is 25.7 Å². The van der Waals surface area contributed by atoms with Crippen molar-refractivity contribution in [3.8, 4) is 0 Å². The summed E-state index contributed by atoms with van der Waals surface area (Å²) in [5.41, 5.74) is 0. The van der Waals surface area contributed by atoms with Crippen molar-refractivity contribution in [2.24, 2.45) is 0 Å². The Labute approximate surface area is 172 Å². The van der Waals surface area contributed by atoms with Crippen molar-refractivity contribution in [2.45, 2.75) is 61.2 Å². The number of nitrogens with one attached hydrogen (secondary N) is 3. The van der Waals surface area contributed by atoms with Gasteiger partial charge in [-0.2, -0.15) is 16.5 Å². The maximum absolute atomic E-state index is 12.8. The molecule has 27 heavy (non-hydrogen) atoms. The van der Waals surface area contributed by atoms with Crippen LogP contribution < -0.4 is 15.4 Å². The van der Waals surface area contributed by atoms with E-state index in [1.165, 1.54) is 12.1 Å². The predicted octanol–water partition coefficient (Wildman–Crippen LogP) is 1.91. The number of sulfonamides is 1. The summed E-state index contributed by atoms with van der Waals surface area (Å²) in [6.45, 7) is 0. The molecule has 3 unspecified atom stereocenters. The second kappa shape index (κ2) is 10.1. The first-order valence-electron chi connectivity index (χ1n) is 9.10. The maximum Gasteiger partial charge on any atom is 0.241 e. The zero-order chi connectivity index (χ0) is 18.6. The first-order chi connectivity index (χ1) is 12.5. The Morgan fingerprint density at radius 2 is 1.85 bits per heavy atom. The normalized spacial score (nSPS) is 25.4. The number of piperidine rings is 1. The first-order valence-corrected chi connectivity index (χ1v) is 12.0. The number of rotatable bonds is 8. The molecule has 1 amide bonds. The quantitative estimate of drug-likeness (QED) is 0.582. The molecule has 0 spiro atoms. The Morgan fingerprint density at radius 1 is 1.22 bits per heavy atom. The summed E-state index contributed by atoms with van der Waals surface area (Å²) < 4.78 is 27.8. The van der Waals surface area contributed by atoms with Crippen molar-refractivity contribution in [3.63, 3.8) is 0 Å². The molecular weight excluding hydrogens is 406 g/mol. The van der Waals surface area contributed by atoms with Crippen LogP contribution in [0.1, 0.15) is 32.1 Å². The zero-order valence-corrected chi connectivity index (χ0v) is 17.8. The molecule has 1 aromatic rings. The molecule has 0 saturated carbocycles. The van der Waals surface area contributed by atoms with Crippen molar-refractivity contribution < 1.29 is 13.2 Å². The third-order valence-electron chi connectivity index (χ3n) is 5.10. The number of carbonyl (C=O) groups is 1. The highest BCUT2D eigenvalue weighted by molar-refractivity contribution is 7.98. The summed E-state index contributed by atoms with van der Waals surface area (Å²) >= 11 is 1.60. The molecule has 3 atom stereocenters. The summed E-state index contributed by atoms with van der Waals surface area (Å²) in [5, 5.41) is 6.64. The van der Waals surface area contributed by atoms with Crippen LogP contribution in [0.15, 0.2) is 35.2 Å². The van der Waals surface area contributed by atoms with E-state index in [2.05, 4.69) is 15.4 Å². The SMILES string of the molecule is CSCCC(NS(=O)(=O)c1ccccc1)C(=O)NC1CC2CCC(C1)N2.Cl. The first kappa shape index (κ1) is 22.5. The lowest BCUT2D eigenvalue weighted by molar-refractivity contribution is -0.123. The van der Waals surface area contributed by atoms with Gasteiger partial charge in [0, 0.05) is 18.1 Å². The number of benzene rings is 1. The molecule has 9 heteroatoms. The highest BCUT2D eigenvalue weighted by Crippen LogP contribution is 2.26.